The molecule has 158 valence electrons. The summed E-state index contributed by atoms with van der Waals surface area (Å²) < 4.78 is 8.14. The van der Waals surface area contributed by atoms with Crippen LogP contribution in [0.15, 0.2) is 30.6 Å². The smallest absolute Gasteiger partial charge is 0.251 e. The van der Waals surface area contributed by atoms with Gasteiger partial charge >= 0.3 is 0 Å². The van der Waals surface area contributed by atoms with Gasteiger partial charge in [-0.25, -0.2) is 4.98 Å². The lowest BCUT2D eigenvalue weighted by atomic mass is 10.1. The van der Waals surface area contributed by atoms with Crippen LogP contribution in [-0.2, 0) is 16.1 Å². The molecule has 2 aromatic heterocycles. The van der Waals surface area contributed by atoms with Gasteiger partial charge in [0.05, 0.1) is 6.33 Å². The Morgan fingerprint density at radius 1 is 1.33 bits per heavy atom. The first-order chi connectivity index (χ1) is 14.4. The molecule has 12 heteroatoms. The Labute approximate surface area is 189 Å². The summed E-state index contributed by atoms with van der Waals surface area (Å²) in [5.41, 5.74) is 1.77. The average Bonchev–Trinajstić information content (AvgIpc) is 3.27. The maximum Gasteiger partial charge on any atom is 0.251 e. The molecular weight excluding hydrogens is 527 g/mol. The van der Waals surface area contributed by atoms with Crippen LogP contribution in [0.3, 0.4) is 0 Å². The number of carbonyl (C=O) groups is 1. The zero-order valence-corrected chi connectivity index (χ0v) is 18.6. The maximum atomic E-state index is 11.9. The van der Waals surface area contributed by atoms with Gasteiger partial charge in [-0.05, 0) is 51.9 Å². The molecule has 0 bridgehead atoms. The molecule has 1 fully saturated rings. The second-order valence-corrected chi connectivity index (χ2v) is 8.28. The fourth-order valence-electron chi connectivity index (χ4n) is 3.28. The minimum Gasteiger partial charge on any atom is -0.387 e. The molecule has 0 saturated carbocycles. The standard InChI is InChI=1S/C18H18ClIN6O4/c1-21-16(29)13-11(27)12(28)17(30-13)26-7-23-10-14(24-18(19)25-15(10)26)22-6-8-3-2-4-9(20)5-8/h2-5,7,11-13,17,27-28H,6H2,1H3,(H,21,29)(H,22,24,25)/t11-,12-,13?,17-/m1/s1. The Bertz CT molecular complexity index is 1100. The van der Waals surface area contributed by atoms with Crippen LogP contribution in [0.1, 0.15) is 11.8 Å². The number of nitrogens with zero attached hydrogens (tertiary/aromatic N) is 4. The monoisotopic (exact) mass is 544 g/mol. The number of anilines is 1. The van der Waals surface area contributed by atoms with Crippen LogP contribution in [0, 0.1) is 3.57 Å². The van der Waals surface area contributed by atoms with Crippen LogP contribution in [0.5, 0.6) is 0 Å². The largest absolute Gasteiger partial charge is 0.387 e. The van der Waals surface area contributed by atoms with Gasteiger partial charge in [0.25, 0.3) is 5.91 Å². The van der Waals surface area contributed by atoms with E-state index < -0.39 is 30.4 Å². The van der Waals surface area contributed by atoms with Crippen molar-refractivity contribution >= 4 is 57.1 Å². The molecule has 1 aliphatic rings. The number of hydrogen-bond acceptors (Lipinski definition) is 8. The van der Waals surface area contributed by atoms with E-state index in [2.05, 4.69) is 48.2 Å². The van der Waals surface area contributed by atoms with Gasteiger partial charge in [-0.15, -0.1) is 0 Å². The molecule has 1 unspecified atom stereocenters. The molecule has 1 saturated heterocycles. The Morgan fingerprint density at radius 2 is 2.13 bits per heavy atom. The summed E-state index contributed by atoms with van der Waals surface area (Å²) in [6, 6.07) is 7.98. The number of likely N-dealkylation sites (N-methyl/N-ethyl adjacent to an activating group) is 1. The van der Waals surface area contributed by atoms with Gasteiger partial charge < -0.3 is 25.6 Å². The first-order valence-corrected chi connectivity index (χ1v) is 10.5. The van der Waals surface area contributed by atoms with Crippen molar-refractivity contribution in [1.82, 2.24) is 24.8 Å². The van der Waals surface area contributed by atoms with Crippen LogP contribution in [0.2, 0.25) is 5.28 Å². The molecule has 4 N–H and O–H groups in total. The number of aliphatic hydroxyl groups is 2. The highest BCUT2D eigenvalue weighted by molar-refractivity contribution is 14.1. The van der Waals surface area contributed by atoms with Crippen molar-refractivity contribution in [3.05, 3.63) is 45.0 Å². The predicted molar refractivity (Wildman–Crippen MR) is 117 cm³/mol. The summed E-state index contributed by atoms with van der Waals surface area (Å²) in [7, 11) is 1.42. The summed E-state index contributed by atoms with van der Waals surface area (Å²) in [6.45, 7) is 0.492. The molecule has 0 aliphatic carbocycles. The Morgan fingerprint density at radius 3 is 2.87 bits per heavy atom. The van der Waals surface area contributed by atoms with Crippen molar-refractivity contribution in [2.75, 3.05) is 12.4 Å². The van der Waals surface area contributed by atoms with Gasteiger partial charge in [0.15, 0.2) is 29.3 Å². The van der Waals surface area contributed by atoms with Gasteiger partial charge in [0, 0.05) is 17.2 Å². The Balaban J connectivity index is 1.64. The number of aromatic nitrogens is 4. The fraction of sp³-hybridized carbons (Fsp3) is 0.333. The molecule has 4 atom stereocenters. The molecule has 1 amide bonds. The van der Waals surface area contributed by atoms with E-state index in [1.807, 2.05) is 24.3 Å². The highest BCUT2D eigenvalue weighted by Crippen LogP contribution is 2.33. The number of aliphatic hydroxyl groups excluding tert-OH is 2. The third-order valence-electron chi connectivity index (χ3n) is 4.76. The summed E-state index contributed by atoms with van der Waals surface area (Å²) in [5, 5.41) is 26.2. The maximum absolute atomic E-state index is 11.9. The molecule has 0 spiro atoms. The lowest BCUT2D eigenvalue weighted by Crippen LogP contribution is -2.41. The number of rotatable bonds is 5. The van der Waals surface area contributed by atoms with Crippen molar-refractivity contribution in [1.29, 1.82) is 0 Å². The number of halogens is 2. The molecule has 1 aliphatic heterocycles. The van der Waals surface area contributed by atoms with Crippen molar-refractivity contribution < 1.29 is 19.7 Å². The molecule has 1 aromatic carbocycles. The zero-order chi connectivity index (χ0) is 21.4. The van der Waals surface area contributed by atoms with E-state index in [0.29, 0.717) is 23.5 Å². The minimum absolute atomic E-state index is 0.0229. The van der Waals surface area contributed by atoms with Crippen LogP contribution < -0.4 is 10.6 Å². The normalized spacial score (nSPS) is 23.6. The molecule has 0 radical (unpaired) electrons. The summed E-state index contributed by atoms with van der Waals surface area (Å²) in [5.74, 6) is -0.125. The van der Waals surface area contributed by atoms with Gasteiger partial charge in [0.2, 0.25) is 5.28 Å². The number of amides is 1. The first kappa shape index (κ1) is 21.2. The average molecular weight is 545 g/mol. The Hall–Kier alpha value is -2.06. The fourth-order valence-corrected chi connectivity index (χ4v) is 4.05. The van der Waals surface area contributed by atoms with Gasteiger partial charge in [0.1, 0.15) is 12.2 Å². The minimum atomic E-state index is -1.40. The van der Waals surface area contributed by atoms with Gasteiger partial charge in [-0.2, -0.15) is 9.97 Å². The van der Waals surface area contributed by atoms with Gasteiger partial charge in [-0.3, -0.25) is 9.36 Å². The van der Waals surface area contributed by atoms with E-state index in [4.69, 9.17) is 16.3 Å². The number of benzene rings is 1. The Kier molecular flexibility index (Phi) is 6.06. The zero-order valence-electron chi connectivity index (χ0n) is 15.7. The molecule has 4 rings (SSSR count). The summed E-state index contributed by atoms with van der Waals surface area (Å²) in [4.78, 5) is 24.7. The van der Waals surface area contributed by atoms with E-state index in [1.165, 1.54) is 17.9 Å². The quantitative estimate of drug-likeness (QED) is 0.277. The topological polar surface area (TPSA) is 134 Å². The van der Waals surface area contributed by atoms with E-state index in [0.717, 1.165) is 9.13 Å². The molecule has 30 heavy (non-hydrogen) atoms. The lowest BCUT2D eigenvalue weighted by Gasteiger charge is -2.16. The van der Waals surface area contributed by atoms with Crippen molar-refractivity contribution in [3.63, 3.8) is 0 Å². The number of ether oxygens (including phenoxy) is 1. The second kappa shape index (κ2) is 8.59. The number of fused-ring (bicyclic) bond motifs is 1. The van der Waals surface area contributed by atoms with Crippen LogP contribution in [0.4, 0.5) is 5.82 Å². The second-order valence-electron chi connectivity index (χ2n) is 6.69. The van der Waals surface area contributed by atoms with Crippen molar-refractivity contribution in [2.24, 2.45) is 0 Å². The first-order valence-electron chi connectivity index (χ1n) is 9.00. The third-order valence-corrected chi connectivity index (χ3v) is 5.60. The molecule has 10 nitrogen and oxygen atoms in total. The number of carbonyl (C=O) groups excluding carboxylic acids is 1. The lowest BCUT2D eigenvalue weighted by molar-refractivity contribution is -0.137. The van der Waals surface area contributed by atoms with Crippen LogP contribution in [-0.4, -0.2) is 61.0 Å². The third kappa shape index (κ3) is 3.95. The molecule has 3 aromatic rings. The van der Waals surface area contributed by atoms with E-state index >= 15 is 0 Å². The summed E-state index contributed by atoms with van der Waals surface area (Å²) in [6.07, 6.45) is -3.65. The molecular formula is C18H18ClIN6O4. The highest BCUT2D eigenvalue weighted by atomic mass is 127. The van der Waals surface area contributed by atoms with Crippen molar-refractivity contribution in [2.45, 2.75) is 31.1 Å². The number of imidazole rings is 1. The number of nitrogens with one attached hydrogen (secondary N) is 2. The SMILES string of the molecule is CNC(=O)C1O[C@@H](n2cnc3c(NCc4cccc(I)c4)nc(Cl)nc32)[C@H](O)[C@H]1O. The van der Waals surface area contributed by atoms with Gasteiger partial charge in [-0.1, -0.05) is 12.1 Å². The van der Waals surface area contributed by atoms with Crippen LogP contribution in [0.25, 0.3) is 11.2 Å². The predicted octanol–water partition coefficient (Wildman–Crippen LogP) is 1.06. The van der Waals surface area contributed by atoms with E-state index in [9.17, 15) is 15.0 Å². The van der Waals surface area contributed by atoms with E-state index in [-0.39, 0.29) is 5.28 Å². The van der Waals surface area contributed by atoms with E-state index in [1.54, 1.807) is 0 Å². The van der Waals surface area contributed by atoms with Crippen LogP contribution >= 0.6 is 34.2 Å². The highest BCUT2D eigenvalue weighted by Gasteiger charge is 2.47. The summed E-state index contributed by atoms with van der Waals surface area (Å²) >= 11 is 8.35. The van der Waals surface area contributed by atoms with Crippen molar-refractivity contribution in [3.8, 4) is 0 Å². The molecule has 3 heterocycles. The number of hydrogen-bond donors (Lipinski definition) is 4.